The maximum absolute atomic E-state index is 3.96. The topological polar surface area (TPSA) is 0 Å². The number of fused-ring (bicyclic) bond motifs is 3. The number of rotatable bonds is 2. The molecule has 0 spiro atoms. The number of hydrogen-bond acceptors (Lipinski definition) is 1. The van der Waals surface area contributed by atoms with Crippen LogP contribution in [0.5, 0.6) is 0 Å². The molecule has 0 radical (unpaired) electrons. The summed E-state index contributed by atoms with van der Waals surface area (Å²) in [6.45, 7) is 9.07. The molecule has 142 valence electrons. The van der Waals surface area contributed by atoms with Gasteiger partial charge in [0.15, 0.2) is 0 Å². The minimum atomic E-state index is 0.448. The first-order valence-corrected chi connectivity index (χ1v) is 12.2. The lowest BCUT2D eigenvalue weighted by Crippen LogP contribution is -2.11. The van der Waals surface area contributed by atoms with Crippen LogP contribution in [0.1, 0.15) is 51.2 Å². The van der Waals surface area contributed by atoms with Gasteiger partial charge in [-0.25, -0.2) is 0 Å². The van der Waals surface area contributed by atoms with Crippen molar-refractivity contribution in [2.45, 2.75) is 45.3 Å². The molecule has 0 fully saturated rings. The number of hydrogen-bond donors (Lipinski definition) is 0. The van der Waals surface area contributed by atoms with Crippen LogP contribution in [0.15, 0.2) is 83.2 Å². The second kappa shape index (κ2) is 6.75. The average Bonchev–Trinajstić information content (AvgIpc) is 3.24. The zero-order valence-corrected chi connectivity index (χ0v) is 20.5. The fourth-order valence-corrected chi connectivity index (χ4v) is 7.71. The van der Waals surface area contributed by atoms with E-state index in [0.717, 1.165) is 6.42 Å². The molecule has 0 nitrogen and oxygen atoms in total. The van der Waals surface area contributed by atoms with E-state index in [1.807, 2.05) is 11.8 Å². The first kappa shape index (κ1) is 19.0. The Morgan fingerprint density at radius 3 is 2.57 bits per heavy atom. The molecule has 1 aromatic carbocycles. The zero-order chi connectivity index (χ0) is 19.7. The standard InChI is InChI=1S/C25H22Br2S/c1-12-8-20-16(6-5-7-22(20)26)17(12)10-18-13(2)9-21-19(18)11-23-24(25(21)27)14(3)15(4)28-23/h5-9,11,17,23H,10H2,1-4H3. The summed E-state index contributed by atoms with van der Waals surface area (Å²) in [5.41, 5.74) is 12.9. The van der Waals surface area contributed by atoms with Crippen LogP contribution in [0.2, 0.25) is 0 Å². The van der Waals surface area contributed by atoms with Gasteiger partial charge in [-0.3, -0.25) is 0 Å². The lowest BCUT2D eigenvalue weighted by molar-refractivity contribution is 0.798. The Morgan fingerprint density at radius 2 is 1.79 bits per heavy atom. The van der Waals surface area contributed by atoms with E-state index in [9.17, 15) is 0 Å². The zero-order valence-electron chi connectivity index (χ0n) is 16.5. The molecule has 4 aliphatic rings. The third kappa shape index (κ3) is 2.69. The maximum Gasteiger partial charge on any atom is 0.0544 e. The van der Waals surface area contributed by atoms with Gasteiger partial charge in [-0.05, 0) is 112 Å². The van der Waals surface area contributed by atoms with Crippen molar-refractivity contribution in [2.75, 3.05) is 0 Å². The molecule has 5 rings (SSSR count). The molecule has 0 saturated carbocycles. The molecule has 3 heteroatoms. The molecule has 1 aromatic rings. The summed E-state index contributed by atoms with van der Waals surface area (Å²) < 4.78 is 2.50. The summed E-state index contributed by atoms with van der Waals surface area (Å²) in [5.74, 6) is 0.466. The predicted molar refractivity (Wildman–Crippen MR) is 130 cm³/mol. The van der Waals surface area contributed by atoms with E-state index >= 15 is 0 Å². The summed E-state index contributed by atoms with van der Waals surface area (Å²) in [6.07, 6.45) is 8.33. The molecule has 0 saturated heterocycles. The summed E-state index contributed by atoms with van der Waals surface area (Å²) >= 11 is 9.69. The van der Waals surface area contributed by atoms with E-state index in [-0.39, 0.29) is 0 Å². The normalized spacial score (nSPS) is 25.7. The molecule has 2 unspecified atom stereocenters. The van der Waals surface area contributed by atoms with Gasteiger partial charge < -0.3 is 0 Å². The van der Waals surface area contributed by atoms with E-state index in [4.69, 9.17) is 0 Å². The quantitative estimate of drug-likeness (QED) is 0.381. The van der Waals surface area contributed by atoms with Gasteiger partial charge in [0, 0.05) is 14.9 Å². The number of allylic oxidation sites excluding steroid dienone is 9. The van der Waals surface area contributed by atoms with E-state index in [0.29, 0.717) is 11.2 Å². The SMILES string of the molecule is CC1=Cc2c(Br)cccc2C1CC1=C(C)C=C2C1=CC1SC(C)=C(C)C1=C2Br. The monoisotopic (exact) mass is 512 g/mol. The molecular formula is C25H22Br2S. The van der Waals surface area contributed by atoms with Crippen LogP contribution in [-0.2, 0) is 0 Å². The van der Waals surface area contributed by atoms with Crippen molar-refractivity contribution < 1.29 is 0 Å². The smallest absolute Gasteiger partial charge is 0.0544 e. The van der Waals surface area contributed by atoms with Gasteiger partial charge in [0.05, 0.1) is 5.25 Å². The maximum atomic E-state index is 3.96. The van der Waals surface area contributed by atoms with Crippen LogP contribution in [0.25, 0.3) is 6.08 Å². The van der Waals surface area contributed by atoms with Crippen molar-refractivity contribution in [3.05, 3.63) is 94.4 Å². The summed E-state index contributed by atoms with van der Waals surface area (Å²) in [5, 5.41) is 0.448. The highest BCUT2D eigenvalue weighted by molar-refractivity contribution is 9.12. The lowest BCUT2D eigenvalue weighted by atomic mass is 9.83. The fourth-order valence-electron chi connectivity index (χ4n) is 4.90. The third-order valence-corrected chi connectivity index (χ3v) is 9.39. The van der Waals surface area contributed by atoms with Crippen LogP contribution in [0, 0.1) is 0 Å². The summed E-state index contributed by atoms with van der Waals surface area (Å²) in [7, 11) is 0. The first-order chi connectivity index (χ1) is 13.4. The highest BCUT2D eigenvalue weighted by Crippen LogP contribution is 2.54. The molecule has 1 heterocycles. The Labute approximate surface area is 188 Å². The largest absolute Gasteiger partial charge is 0.118 e. The Morgan fingerprint density at radius 1 is 1.00 bits per heavy atom. The van der Waals surface area contributed by atoms with Crippen molar-refractivity contribution >= 4 is 49.7 Å². The summed E-state index contributed by atoms with van der Waals surface area (Å²) in [6, 6.07) is 6.61. The Bertz CT molecular complexity index is 1120. The first-order valence-electron chi connectivity index (χ1n) is 9.72. The molecule has 0 N–H and O–H groups in total. The summed E-state index contributed by atoms with van der Waals surface area (Å²) in [4.78, 5) is 1.45. The molecule has 0 aromatic heterocycles. The van der Waals surface area contributed by atoms with Crippen molar-refractivity contribution in [1.82, 2.24) is 0 Å². The lowest BCUT2D eigenvalue weighted by Gasteiger charge is -2.24. The minimum Gasteiger partial charge on any atom is -0.118 e. The van der Waals surface area contributed by atoms with Gasteiger partial charge >= 0.3 is 0 Å². The number of thioether (sulfide) groups is 1. The van der Waals surface area contributed by atoms with Crippen LogP contribution in [-0.4, -0.2) is 5.25 Å². The van der Waals surface area contributed by atoms with Crippen LogP contribution in [0.3, 0.4) is 0 Å². The van der Waals surface area contributed by atoms with E-state index in [1.165, 1.54) is 64.0 Å². The van der Waals surface area contributed by atoms with Gasteiger partial charge in [0.1, 0.15) is 0 Å². The van der Waals surface area contributed by atoms with E-state index < -0.39 is 0 Å². The van der Waals surface area contributed by atoms with Gasteiger partial charge in [-0.1, -0.05) is 45.8 Å². The molecular weight excluding hydrogens is 492 g/mol. The Hall–Kier alpha value is -1.03. The van der Waals surface area contributed by atoms with Gasteiger partial charge in [-0.2, -0.15) is 0 Å². The molecule has 0 amide bonds. The Kier molecular flexibility index (Phi) is 4.57. The fraction of sp³-hybridized carbons (Fsp3) is 0.280. The third-order valence-electron chi connectivity index (χ3n) is 6.56. The van der Waals surface area contributed by atoms with E-state index in [1.54, 1.807) is 0 Å². The van der Waals surface area contributed by atoms with Crippen molar-refractivity contribution in [1.29, 1.82) is 0 Å². The van der Waals surface area contributed by atoms with Crippen molar-refractivity contribution in [2.24, 2.45) is 0 Å². The van der Waals surface area contributed by atoms with Crippen LogP contribution >= 0.6 is 43.6 Å². The second-order valence-corrected chi connectivity index (χ2v) is 11.1. The predicted octanol–water partition coefficient (Wildman–Crippen LogP) is 8.59. The van der Waals surface area contributed by atoms with Gasteiger partial charge in [0.25, 0.3) is 0 Å². The second-order valence-electron chi connectivity index (χ2n) is 8.14. The minimum absolute atomic E-state index is 0.448. The van der Waals surface area contributed by atoms with Crippen molar-refractivity contribution in [3.63, 3.8) is 0 Å². The number of benzene rings is 1. The average molecular weight is 514 g/mol. The Balaban J connectivity index is 1.52. The van der Waals surface area contributed by atoms with Crippen LogP contribution in [0.4, 0.5) is 0 Å². The van der Waals surface area contributed by atoms with Gasteiger partial charge in [-0.15, -0.1) is 11.8 Å². The number of halogens is 2. The van der Waals surface area contributed by atoms with E-state index in [2.05, 4.69) is 96.0 Å². The molecule has 28 heavy (non-hydrogen) atoms. The molecule has 1 aliphatic heterocycles. The molecule has 2 atom stereocenters. The molecule has 3 aliphatic carbocycles. The van der Waals surface area contributed by atoms with Crippen molar-refractivity contribution in [3.8, 4) is 0 Å². The highest BCUT2D eigenvalue weighted by atomic mass is 79.9. The highest BCUT2D eigenvalue weighted by Gasteiger charge is 2.36. The molecule has 0 bridgehead atoms. The van der Waals surface area contributed by atoms with Crippen LogP contribution < -0.4 is 0 Å². The van der Waals surface area contributed by atoms with Gasteiger partial charge in [0.2, 0.25) is 0 Å².